The van der Waals surface area contributed by atoms with Gasteiger partial charge in [-0.2, -0.15) is 0 Å². The first-order valence-corrected chi connectivity index (χ1v) is 12.5. The first-order chi connectivity index (χ1) is 16.5. The molecule has 3 N–H and O–H groups in total. The van der Waals surface area contributed by atoms with Crippen LogP contribution in [0.15, 0.2) is 95.6 Å². The van der Waals surface area contributed by atoms with Crippen molar-refractivity contribution in [2.45, 2.75) is 59.4 Å². The van der Waals surface area contributed by atoms with Gasteiger partial charge in [-0.15, -0.1) is 0 Å². The minimum atomic E-state index is 0.566. The Kier molecular flexibility index (Phi) is 9.51. The van der Waals surface area contributed by atoms with Gasteiger partial charge in [-0.25, -0.2) is 0 Å². The van der Waals surface area contributed by atoms with Gasteiger partial charge in [0.05, 0.1) is 6.54 Å². The van der Waals surface area contributed by atoms with Crippen LogP contribution in [0.1, 0.15) is 64.0 Å². The fourth-order valence-corrected chi connectivity index (χ4v) is 3.97. The molecular formula is C31H39N3. The third-order valence-corrected chi connectivity index (χ3v) is 6.11. The number of hydrogen-bond acceptors (Lipinski definition) is 2. The van der Waals surface area contributed by atoms with E-state index in [-0.39, 0.29) is 0 Å². The summed E-state index contributed by atoms with van der Waals surface area (Å²) in [7, 11) is 0. The summed E-state index contributed by atoms with van der Waals surface area (Å²) in [5.74, 6) is 1.47. The number of nitrogens with two attached hydrogens (primary N) is 1. The van der Waals surface area contributed by atoms with Crippen LogP contribution in [0.5, 0.6) is 0 Å². The van der Waals surface area contributed by atoms with Gasteiger partial charge in [0.1, 0.15) is 5.84 Å². The molecule has 0 unspecified atom stereocenters. The van der Waals surface area contributed by atoms with Crippen LogP contribution >= 0.6 is 0 Å². The molecule has 34 heavy (non-hydrogen) atoms. The molecule has 3 aromatic rings. The Hall–Kier alpha value is -3.33. The lowest BCUT2D eigenvalue weighted by Gasteiger charge is -2.14. The number of unbranched alkanes of at least 4 members (excludes halogenated alkanes) is 2. The summed E-state index contributed by atoms with van der Waals surface area (Å²) in [4.78, 5) is 4.92. The summed E-state index contributed by atoms with van der Waals surface area (Å²) < 4.78 is 0. The lowest BCUT2D eigenvalue weighted by molar-refractivity contribution is 0.772. The lowest BCUT2D eigenvalue weighted by Crippen LogP contribution is -2.24. The van der Waals surface area contributed by atoms with Gasteiger partial charge in [-0.3, -0.25) is 4.99 Å². The largest absolute Gasteiger partial charge is 0.398 e. The zero-order valence-electron chi connectivity index (χ0n) is 21.0. The zero-order valence-corrected chi connectivity index (χ0v) is 21.0. The molecule has 0 saturated heterocycles. The number of para-hydroxylation sites is 1. The number of rotatable bonds is 8. The second kappa shape index (κ2) is 12.8. The molecule has 0 atom stereocenters. The third-order valence-electron chi connectivity index (χ3n) is 6.11. The summed E-state index contributed by atoms with van der Waals surface area (Å²) in [6.45, 7) is 11.4. The first-order valence-electron chi connectivity index (χ1n) is 12.5. The molecule has 0 amide bonds. The minimum Gasteiger partial charge on any atom is -0.398 e. The molecule has 3 nitrogen and oxygen atoms in total. The van der Waals surface area contributed by atoms with E-state index in [1.807, 2.05) is 24.3 Å². The van der Waals surface area contributed by atoms with Crippen molar-refractivity contribution in [3.05, 3.63) is 102 Å². The normalized spacial score (nSPS) is 13.9. The summed E-state index contributed by atoms with van der Waals surface area (Å²) in [6.07, 6.45) is 8.77. The number of fused-ring (bicyclic) bond motifs is 1. The van der Waals surface area contributed by atoms with Gasteiger partial charge in [0.2, 0.25) is 0 Å². The molecule has 1 saturated carbocycles. The Balaban J connectivity index is 0.000000588. The fourth-order valence-electron chi connectivity index (χ4n) is 3.97. The highest BCUT2D eigenvalue weighted by atomic mass is 15.0. The second-order valence-corrected chi connectivity index (χ2v) is 9.06. The molecular weight excluding hydrogens is 414 g/mol. The highest BCUT2D eigenvalue weighted by Crippen LogP contribution is 2.36. The molecule has 0 radical (unpaired) electrons. The summed E-state index contributed by atoms with van der Waals surface area (Å²) >= 11 is 0. The molecule has 4 rings (SSSR count). The molecule has 178 valence electrons. The number of nitrogens with zero attached hydrogens (tertiary/aromatic N) is 1. The molecule has 1 fully saturated rings. The quantitative estimate of drug-likeness (QED) is 0.157. The lowest BCUT2D eigenvalue weighted by atomic mass is 10.0. The number of nitrogen functional groups attached to an aromatic ring is 1. The maximum atomic E-state index is 6.25. The number of anilines is 1. The first kappa shape index (κ1) is 25.3. The zero-order chi connectivity index (χ0) is 24.3. The van der Waals surface area contributed by atoms with E-state index in [0.29, 0.717) is 18.2 Å². The average molecular weight is 454 g/mol. The number of nitrogens with one attached hydrogen (secondary N) is 1. The predicted octanol–water partition coefficient (Wildman–Crippen LogP) is 8.02. The number of benzene rings is 3. The van der Waals surface area contributed by atoms with Crippen molar-refractivity contribution in [3.63, 3.8) is 0 Å². The van der Waals surface area contributed by atoms with Crippen molar-refractivity contribution < 1.29 is 0 Å². The second-order valence-electron chi connectivity index (χ2n) is 9.06. The standard InChI is InChI=1S/C26H27N3.C5H12/c1-18(20-14-15-20)16-19(2)29-26(24-12-5-6-13-25(24)27)28-17-22-10-7-9-21-8-3-4-11-23(21)22;1-3-5-4-2/h3-13,16,20H,2,14-15,17,27H2,1H3,(H,28,29);3-5H2,1-2H3/b18-16+;. The van der Waals surface area contributed by atoms with Crippen LogP contribution in [0.2, 0.25) is 0 Å². The summed E-state index contributed by atoms with van der Waals surface area (Å²) in [5, 5.41) is 5.85. The van der Waals surface area contributed by atoms with E-state index in [4.69, 9.17) is 10.7 Å². The minimum absolute atomic E-state index is 0.566. The van der Waals surface area contributed by atoms with Gasteiger partial charge in [-0.1, -0.05) is 99.9 Å². The van der Waals surface area contributed by atoms with Gasteiger partial charge in [0.15, 0.2) is 0 Å². The van der Waals surface area contributed by atoms with E-state index < -0.39 is 0 Å². The molecule has 3 aromatic carbocycles. The van der Waals surface area contributed by atoms with Gasteiger partial charge in [0.25, 0.3) is 0 Å². The van der Waals surface area contributed by atoms with Crippen LogP contribution in [-0.2, 0) is 6.54 Å². The predicted molar refractivity (Wildman–Crippen MR) is 149 cm³/mol. The van der Waals surface area contributed by atoms with Gasteiger partial charge in [-0.05, 0) is 60.2 Å². The SMILES string of the molecule is C=C(/C=C(\C)C1CC1)NC(=NCc1cccc2ccccc12)c1ccccc1N.CCCCC. The van der Waals surface area contributed by atoms with Gasteiger partial charge in [0, 0.05) is 16.9 Å². The highest BCUT2D eigenvalue weighted by Gasteiger charge is 2.23. The number of aliphatic imine (C=N–C) groups is 1. The van der Waals surface area contributed by atoms with Crippen LogP contribution < -0.4 is 11.1 Å². The van der Waals surface area contributed by atoms with Gasteiger partial charge < -0.3 is 11.1 Å². The molecule has 1 aliphatic carbocycles. The topological polar surface area (TPSA) is 50.4 Å². The van der Waals surface area contributed by atoms with Crippen LogP contribution in [0.25, 0.3) is 10.8 Å². The van der Waals surface area contributed by atoms with Crippen LogP contribution in [0, 0.1) is 5.92 Å². The maximum absolute atomic E-state index is 6.25. The van der Waals surface area contributed by atoms with E-state index in [0.717, 1.165) is 17.1 Å². The molecule has 3 heteroatoms. The molecule has 0 bridgehead atoms. The Bertz CT molecular complexity index is 1140. The number of allylic oxidation sites excluding steroid dienone is 2. The van der Waals surface area contributed by atoms with E-state index >= 15 is 0 Å². The Morgan fingerprint density at radius 1 is 1.00 bits per heavy atom. The monoisotopic (exact) mass is 453 g/mol. The average Bonchev–Trinajstić information content (AvgIpc) is 3.69. The number of amidine groups is 1. The van der Waals surface area contributed by atoms with E-state index in [1.54, 1.807) is 0 Å². The number of hydrogen-bond donors (Lipinski definition) is 2. The van der Waals surface area contributed by atoms with E-state index in [1.165, 1.54) is 54.0 Å². The van der Waals surface area contributed by atoms with Crippen LogP contribution in [-0.4, -0.2) is 5.84 Å². The molecule has 0 spiro atoms. The van der Waals surface area contributed by atoms with Crippen molar-refractivity contribution in [3.8, 4) is 0 Å². The van der Waals surface area contributed by atoms with Gasteiger partial charge >= 0.3 is 0 Å². The third kappa shape index (κ3) is 7.34. The summed E-state index contributed by atoms with van der Waals surface area (Å²) in [6, 6.07) is 22.6. The molecule has 1 aliphatic rings. The maximum Gasteiger partial charge on any atom is 0.135 e. The smallest absolute Gasteiger partial charge is 0.135 e. The Morgan fingerprint density at radius 3 is 2.35 bits per heavy atom. The van der Waals surface area contributed by atoms with Crippen molar-refractivity contribution >= 4 is 22.3 Å². The van der Waals surface area contributed by atoms with Crippen molar-refractivity contribution in [1.29, 1.82) is 0 Å². The van der Waals surface area contributed by atoms with Crippen molar-refractivity contribution in [1.82, 2.24) is 5.32 Å². The van der Waals surface area contributed by atoms with Crippen LogP contribution in [0.3, 0.4) is 0 Å². The van der Waals surface area contributed by atoms with E-state index in [9.17, 15) is 0 Å². The highest BCUT2D eigenvalue weighted by molar-refractivity contribution is 6.04. The molecule has 0 heterocycles. The fraction of sp³-hybridized carbons (Fsp3) is 0.323. The van der Waals surface area contributed by atoms with Crippen molar-refractivity contribution in [2.24, 2.45) is 10.9 Å². The Morgan fingerprint density at radius 2 is 1.68 bits per heavy atom. The van der Waals surface area contributed by atoms with Crippen LogP contribution in [0.4, 0.5) is 5.69 Å². The van der Waals surface area contributed by atoms with Crippen molar-refractivity contribution in [2.75, 3.05) is 5.73 Å². The van der Waals surface area contributed by atoms with E-state index in [2.05, 4.69) is 81.2 Å². The molecule has 0 aliphatic heterocycles. The molecule has 0 aromatic heterocycles. The summed E-state index contributed by atoms with van der Waals surface area (Å²) in [5.41, 5.74) is 11.2. The Labute approximate surface area is 205 Å².